The summed E-state index contributed by atoms with van der Waals surface area (Å²) in [6.07, 6.45) is 0. The second-order valence-corrected chi connectivity index (χ2v) is 4.90. The number of nitrogens with zero attached hydrogens (tertiary/aromatic N) is 1. The summed E-state index contributed by atoms with van der Waals surface area (Å²) in [5, 5.41) is 11.0. The van der Waals surface area contributed by atoms with Gasteiger partial charge in [0, 0.05) is 10.5 Å². The zero-order valence-electron chi connectivity index (χ0n) is 13.0. The van der Waals surface area contributed by atoms with Gasteiger partial charge in [-0.25, -0.2) is 0 Å². The molecule has 0 aliphatic carbocycles. The van der Waals surface area contributed by atoms with E-state index in [0.29, 0.717) is 17.1 Å². The molecular weight excluding hydrogens is 290 g/mol. The van der Waals surface area contributed by atoms with Crippen LogP contribution in [-0.4, -0.2) is 37.3 Å². The fraction of sp³-hybridized carbons (Fsp3) is 0.467. The maximum atomic E-state index is 11.8. The van der Waals surface area contributed by atoms with Crippen LogP contribution >= 0.6 is 0 Å². The van der Waals surface area contributed by atoms with Crippen LogP contribution in [0, 0.1) is 16.0 Å². The van der Waals surface area contributed by atoms with Gasteiger partial charge in [-0.3, -0.25) is 19.7 Å². The van der Waals surface area contributed by atoms with E-state index in [-0.39, 0.29) is 0 Å². The van der Waals surface area contributed by atoms with E-state index in [1.807, 2.05) is 0 Å². The van der Waals surface area contributed by atoms with Crippen LogP contribution in [0.4, 0.5) is 0 Å². The molecule has 0 saturated carbocycles. The number of carbonyl (C=O) groups is 2. The average Bonchev–Trinajstić information content (AvgIpc) is 2.44. The summed E-state index contributed by atoms with van der Waals surface area (Å²) >= 11 is 0. The van der Waals surface area contributed by atoms with Crippen molar-refractivity contribution in [2.45, 2.75) is 19.8 Å². The first kappa shape index (κ1) is 17.6. The van der Waals surface area contributed by atoms with Crippen molar-refractivity contribution < 1.29 is 24.0 Å². The van der Waals surface area contributed by atoms with Crippen molar-refractivity contribution in [2.24, 2.45) is 5.92 Å². The number of benzene rings is 1. The number of hydrogen-bond acceptors (Lipinski definition) is 6. The number of para-hydroxylation sites is 1. The van der Waals surface area contributed by atoms with E-state index in [1.54, 1.807) is 18.2 Å². The monoisotopic (exact) mass is 309 g/mol. The third-order valence-electron chi connectivity index (χ3n) is 3.46. The number of hydrogen-bond donors (Lipinski definition) is 0. The summed E-state index contributed by atoms with van der Waals surface area (Å²) < 4.78 is 10.4. The number of ether oxygens (including phenoxy) is 2. The number of carbonyl (C=O) groups excluding carboxylic acids is 2. The topological polar surface area (TPSA) is 95.7 Å². The maximum absolute atomic E-state index is 11.8. The minimum absolute atomic E-state index is 0.296. The fourth-order valence-electron chi connectivity index (χ4n) is 2.60. The van der Waals surface area contributed by atoms with Gasteiger partial charge in [0.15, 0.2) is 11.5 Å². The predicted molar refractivity (Wildman–Crippen MR) is 79.0 cm³/mol. The molecule has 0 aromatic heterocycles. The second-order valence-electron chi connectivity index (χ2n) is 4.90. The lowest BCUT2D eigenvalue weighted by Gasteiger charge is -2.23. The molecule has 1 atom stereocenters. The molecule has 0 saturated heterocycles. The van der Waals surface area contributed by atoms with Crippen LogP contribution in [0.2, 0.25) is 0 Å². The zero-order valence-corrected chi connectivity index (χ0v) is 13.0. The maximum Gasteiger partial charge on any atom is 0.211 e. The number of Topliss-reactive ketones (excluding diaryl/α,β-unsaturated/α-hetero) is 2. The quantitative estimate of drug-likeness (QED) is 0.413. The molecule has 1 aromatic rings. The van der Waals surface area contributed by atoms with Crippen LogP contribution < -0.4 is 9.47 Å². The minimum Gasteiger partial charge on any atom is -0.493 e. The largest absolute Gasteiger partial charge is 0.493 e. The Labute approximate surface area is 128 Å². The number of ketones is 2. The Morgan fingerprint density at radius 1 is 1.18 bits per heavy atom. The van der Waals surface area contributed by atoms with Gasteiger partial charge in [-0.15, -0.1) is 0 Å². The van der Waals surface area contributed by atoms with Crippen molar-refractivity contribution in [3.8, 4) is 11.5 Å². The van der Waals surface area contributed by atoms with Gasteiger partial charge in [-0.05, 0) is 19.9 Å². The van der Waals surface area contributed by atoms with Gasteiger partial charge in [-0.2, -0.15) is 0 Å². The van der Waals surface area contributed by atoms with E-state index in [2.05, 4.69) is 0 Å². The van der Waals surface area contributed by atoms with Crippen molar-refractivity contribution >= 4 is 11.6 Å². The van der Waals surface area contributed by atoms with Crippen molar-refractivity contribution in [3.63, 3.8) is 0 Å². The Hall–Kier alpha value is -2.44. The Kier molecular flexibility index (Phi) is 6.03. The predicted octanol–water partition coefficient (Wildman–Crippen LogP) is 1.86. The van der Waals surface area contributed by atoms with Crippen LogP contribution in [0.25, 0.3) is 0 Å². The van der Waals surface area contributed by atoms with Crippen LogP contribution in [0.1, 0.15) is 25.3 Å². The van der Waals surface area contributed by atoms with Gasteiger partial charge >= 0.3 is 0 Å². The first-order valence-electron chi connectivity index (χ1n) is 6.67. The first-order valence-corrected chi connectivity index (χ1v) is 6.67. The molecule has 120 valence electrons. The molecule has 0 aliphatic heterocycles. The van der Waals surface area contributed by atoms with E-state index >= 15 is 0 Å². The first-order chi connectivity index (χ1) is 10.3. The molecule has 7 nitrogen and oxygen atoms in total. The highest BCUT2D eigenvalue weighted by molar-refractivity contribution is 6.01. The zero-order chi connectivity index (χ0) is 16.9. The summed E-state index contributed by atoms with van der Waals surface area (Å²) in [5.74, 6) is -2.14. The van der Waals surface area contributed by atoms with Crippen molar-refractivity contribution in [1.29, 1.82) is 0 Å². The molecule has 7 heteroatoms. The normalized spacial score (nSPS) is 11.9. The Balaban J connectivity index is 3.48. The highest BCUT2D eigenvalue weighted by atomic mass is 16.6. The van der Waals surface area contributed by atoms with Gasteiger partial charge in [0.2, 0.25) is 6.54 Å². The Bertz CT molecular complexity index is 569. The molecule has 0 heterocycles. The van der Waals surface area contributed by atoms with E-state index in [9.17, 15) is 19.7 Å². The van der Waals surface area contributed by atoms with Crippen LogP contribution in [0.3, 0.4) is 0 Å². The molecule has 0 amide bonds. The summed E-state index contributed by atoms with van der Waals surface area (Å²) in [4.78, 5) is 34.1. The molecule has 0 aliphatic rings. The molecule has 0 fully saturated rings. The summed E-state index contributed by atoms with van der Waals surface area (Å²) in [5.41, 5.74) is 0.411. The molecule has 0 unspecified atom stereocenters. The average molecular weight is 309 g/mol. The van der Waals surface area contributed by atoms with E-state index < -0.39 is 34.9 Å². The highest BCUT2D eigenvalue weighted by Crippen LogP contribution is 2.39. The van der Waals surface area contributed by atoms with Crippen LogP contribution in [0.5, 0.6) is 11.5 Å². The van der Waals surface area contributed by atoms with Crippen molar-refractivity contribution in [2.75, 3.05) is 20.8 Å². The molecule has 0 N–H and O–H groups in total. The lowest BCUT2D eigenvalue weighted by atomic mass is 9.80. The standard InChI is InChI=1S/C15H19NO6/c1-9(17)14(10(2)18)12(8-16(19)20)11-6-5-7-13(21-3)15(11)22-4/h5-7,12,14H,8H2,1-4H3/t12-/m1/s1. The van der Waals surface area contributed by atoms with Crippen LogP contribution in [0.15, 0.2) is 18.2 Å². The van der Waals surface area contributed by atoms with Gasteiger partial charge in [0.25, 0.3) is 0 Å². The molecule has 0 bridgehead atoms. The van der Waals surface area contributed by atoms with E-state index in [0.717, 1.165) is 0 Å². The number of rotatable bonds is 8. The van der Waals surface area contributed by atoms with Gasteiger partial charge in [-0.1, -0.05) is 12.1 Å². The van der Waals surface area contributed by atoms with Gasteiger partial charge in [0.05, 0.1) is 26.1 Å². The molecule has 1 aromatic carbocycles. The third-order valence-corrected chi connectivity index (χ3v) is 3.46. The van der Waals surface area contributed by atoms with E-state index in [4.69, 9.17) is 9.47 Å². The lowest BCUT2D eigenvalue weighted by molar-refractivity contribution is -0.484. The summed E-state index contributed by atoms with van der Waals surface area (Å²) in [6.45, 7) is 1.96. The smallest absolute Gasteiger partial charge is 0.211 e. The highest BCUT2D eigenvalue weighted by Gasteiger charge is 2.37. The number of nitro groups is 1. The van der Waals surface area contributed by atoms with Gasteiger partial charge in [0.1, 0.15) is 11.6 Å². The van der Waals surface area contributed by atoms with Gasteiger partial charge < -0.3 is 9.47 Å². The van der Waals surface area contributed by atoms with Crippen molar-refractivity contribution in [3.05, 3.63) is 33.9 Å². The molecular formula is C15H19NO6. The molecule has 0 spiro atoms. The molecule has 0 radical (unpaired) electrons. The molecule has 22 heavy (non-hydrogen) atoms. The Morgan fingerprint density at radius 3 is 2.18 bits per heavy atom. The number of methoxy groups -OCH3 is 2. The van der Waals surface area contributed by atoms with E-state index in [1.165, 1.54) is 28.1 Å². The van der Waals surface area contributed by atoms with Crippen molar-refractivity contribution in [1.82, 2.24) is 0 Å². The second kappa shape index (κ2) is 7.53. The van der Waals surface area contributed by atoms with Crippen LogP contribution in [-0.2, 0) is 9.59 Å². The SMILES string of the molecule is COc1cccc([C@@H](C[N+](=O)[O-])C(C(C)=O)C(C)=O)c1OC. The summed E-state index contributed by atoms with van der Waals surface area (Å²) in [7, 11) is 2.85. The fourth-order valence-corrected chi connectivity index (χ4v) is 2.60. The molecule has 1 rings (SSSR count). The summed E-state index contributed by atoms with van der Waals surface area (Å²) in [6, 6.07) is 4.89. The minimum atomic E-state index is -1.09. The lowest BCUT2D eigenvalue weighted by Crippen LogP contribution is -2.31. The third kappa shape index (κ3) is 3.81. The Morgan fingerprint density at radius 2 is 1.77 bits per heavy atom.